The minimum Gasteiger partial charge on any atom is -0.465 e. The maximum atomic E-state index is 11.5. The van der Waals surface area contributed by atoms with Gasteiger partial charge in [-0.1, -0.05) is 30.0 Å². The first-order valence-corrected chi connectivity index (χ1v) is 8.71. The molecule has 1 heterocycles. The average molecular weight is 354 g/mol. The second-order valence-corrected chi connectivity index (χ2v) is 6.06. The monoisotopic (exact) mass is 354 g/mol. The summed E-state index contributed by atoms with van der Waals surface area (Å²) in [6.45, 7) is 5.69. The third kappa shape index (κ3) is 4.88. The lowest BCUT2D eigenvalue weighted by Crippen LogP contribution is -2.07. The standard InChI is InChI=1S/C18H18N4O2S/c1-4-24-16(23)11-25-18-15(10-19)12(2)17(13(3)20-18)22-21-14-8-6-5-7-9-14/h5-9H,4,11H2,1-3H3. The van der Waals surface area contributed by atoms with Crippen LogP contribution in [0, 0.1) is 25.2 Å². The van der Waals surface area contributed by atoms with E-state index in [2.05, 4.69) is 21.3 Å². The summed E-state index contributed by atoms with van der Waals surface area (Å²) in [5.41, 5.74) is 3.05. The highest BCUT2D eigenvalue weighted by Gasteiger charge is 2.16. The Balaban J connectivity index is 2.30. The van der Waals surface area contributed by atoms with E-state index in [1.807, 2.05) is 37.3 Å². The topological polar surface area (TPSA) is 87.7 Å². The van der Waals surface area contributed by atoms with Gasteiger partial charge in [0.1, 0.15) is 16.8 Å². The second-order valence-electron chi connectivity index (χ2n) is 5.09. The highest BCUT2D eigenvalue weighted by atomic mass is 32.2. The molecule has 25 heavy (non-hydrogen) atoms. The maximum Gasteiger partial charge on any atom is 0.316 e. The molecule has 0 fully saturated rings. The van der Waals surface area contributed by atoms with Crippen molar-refractivity contribution in [2.24, 2.45) is 10.2 Å². The molecule has 0 aliphatic rings. The van der Waals surface area contributed by atoms with Crippen molar-refractivity contribution in [1.29, 1.82) is 5.26 Å². The number of aryl methyl sites for hydroxylation is 1. The van der Waals surface area contributed by atoms with Gasteiger partial charge in [-0.15, -0.1) is 5.11 Å². The molecule has 6 nitrogen and oxygen atoms in total. The van der Waals surface area contributed by atoms with E-state index >= 15 is 0 Å². The quantitative estimate of drug-likeness (QED) is 0.428. The molecule has 0 aliphatic heterocycles. The average Bonchev–Trinajstić information content (AvgIpc) is 2.61. The van der Waals surface area contributed by atoms with Gasteiger partial charge >= 0.3 is 5.97 Å². The van der Waals surface area contributed by atoms with E-state index in [4.69, 9.17) is 4.74 Å². The summed E-state index contributed by atoms with van der Waals surface area (Å²) in [5, 5.41) is 18.4. The molecule has 0 amide bonds. The molecule has 1 aromatic carbocycles. The van der Waals surface area contributed by atoms with Crippen molar-refractivity contribution < 1.29 is 9.53 Å². The Morgan fingerprint density at radius 3 is 2.64 bits per heavy atom. The van der Waals surface area contributed by atoms with Crippen LogP contribution in [-0.4, -0.2) is 23.3 Å². The SMILES string of the molecule is CCOC(=O)CSc1nc(C)c(N=Nc2ccccc2)c(C)c1C#N. The summed E-state index contributed by atoms with van der Waals surface area (Å²) in [7, 11) is 0. The summed E-state index contributed by atoms with van der Waals surface area (Å²) < 4.78 is 4.90. The van der Waals surface area contributed by atoms with Crippen LogP contribution in [0.15, 0.2) is 45.6 Å². The molecule has 2 rings (SSSR count). The lowest BCUT2D eigenvalue weighted by atomic mass is 10.1. The fourth-order valence-electron chi connectivity index (χ4n) is 2.13. The van der Waals surface area contributed by atoms with E-state index in [0.29, 0.717) is 34.1 Å². The molecule has 0 saturated carbocycles. The normalized spacial score (nSPS) is 10.6. The van der Waals surface area contributed by atoms with Gasteiger partial charge in [-0.3, -0.25) is 4.79 Å². The predicted octanol–water partition coefficient (Wildman–Crippen LogP) is 4.64. The Labute approximate surface area is 151 Å². The Bertz CT molecular complexity index is 829. The number of ether oxygens (including phenoxy) is 1. The first-order chi connectivity index (χ1) is 12.1. The van der Waals surface area contributed by atoms with E-state index in [0.717, 1.165) is 5.69 Å². The molecular formula is C18H18N4O2S. The lowest BCUT2D eigenvalue weighted by Gasteiger charge is -2.10. The number of benzene rings is 1. The van der Waals surface area contributed by atoms with Crippen molar-refractivity contribution in [2.75, 3.05) is 12.4 Å². The van der Waals surface area contributed by atoms with Crippen molar-refractivity contribution in [2.45, 2.75) is 25.8 Å². The van der Waals surface area contributed by atoms with Crippen molar-refractivity contribution in [3.05, 3.63) is 47.2 Å². The highest BCUT2D eigenvalue weighted by molar-refractivity contribution is 7.99. The van der Waals surface area contributed by atoms with E-state index in [9.17, 15) is 10.1 Å². The minimum atomic E-state index is -0.332. The zero-order valence-electron chi connectivity index (χ0n) is 14.3. The van der Waals surface area contributed by atoms with Crippen LogP contribution in [0.4, 0.5) is 11.4 Å². The molecular weight excluding hydrogens is 336 g/mol. The number of esters is 1. The molecule has 0 radical (unpaired) electrons. The van der Waals surface area contributed by atoms with Gasteiger partial charge in [0.2, 0.25) is 0 Å². The molecule has 0 bridgehead atoms. The van der Waals surface area contributed by atoms with E-state index in [-0.39, 0.29) is 11.7 Å². The largest absolute Gasteiger partial charge is 0.465 e. The number of pyridine rings is 1. The number of hydrogen-bond donors (Lipinski definition) is 0. The molecule has 0 spiro atoms. The number of hydrogen-bond acceptors (Lipinski definition) is 7. The summed E-state index contributed by atoms with van der Waals surface area (Å²) in [6, 6.07) is 11.5. The van der Waals surface area contributed by atoms with Gasteiger partial charge in [0, 0.05) is 0 Å². The van der Waals surface area contributed by atoms with Gasteiger partial charge in [0.15, 0.2) is 0 Å². The van der Waals surface area contributed by atoms with E-state index in [1.165, 1.54) is 11.8 Å². The lowest BCUT2D eigenvalue weighted by molar-refractivity contribution is -0.139. The smallest absolute Gasteiger partial charge is 0.316 e. The first-order valence-electron chi connectivity index (χ1n) is 7.73. The number of carbonyl (C=O) groups excluding carboxylic acids is 1. The molecule has 0 aliphatic carbocycles. The van der Waals surface area contributed by atoms with Gasteiger partial charge in [0.05, 0.1) is 29.3 Å². The molecule has 2 aromatic rings. The van der Waals surface area contributed by atoms with Crippen LogP contribution in [0.25, 0.3) is 0 Å². The predicted molar refractivity (Wildman–Crippen MR) is 96.4 cm³/mol. The Morgan fingerprint density at radius 1 is 1.28 bits per heavy atom. The number of carbonyl (C=O) groups is 1. The zero-order chi connectivity index (χ0) is 18.2. The maximum absolute atomic E-state index is 11.5. The van der Waals surface area contributed by atoms with E-state index < -0.39 is 0 Å². The summed E-state index contributed by atoms with van der Waals surface area (Å²) in [5.74, 6) is -0.222. The third-order valence-corrected chi connectivity index (χ3v) is 4.27. The molecule has 7 heteroatoms. The Morgan fingerprint density at radius 2 is 2.00 bits per heavy atom. The number of nitrogens with zero attached hydrogens (tertiary/aromatic N) is 4. The summed E-state index contributed by atoms with van der Waals surface area (Å²) in [6.07, 6.45) is 0. The van der Waals surface area contributed by atoms with E-state index in [1.54, 1.807) is 13.8 Å². The van der Waals surface area contributed by atoms with Crippen LogP contribution < -0.4 is 0 Å². The molecule has 0 saturated heterocycles. The van der Waals surface area contributed by atoms with Crippen molar-refractivity contribution in [1.82, 2.24) is 4.98 Å². The number of thioether (sulfide) groups is 1. The van der Waals surface area contributed by atoms with Gasteiger partial charge in [-0.05, 0) is 38.5 Å². The van der Waals surface area contributed by atoms with Crippen LogP contribution >= 0.6 is 11.8 Å². The van der Waals surface area contributed by atoms with Crippen molar-refractivity contribution in [3.63, 3.8) is 0 Å². The Kier molecular flexibility index (Phi) is 6.66. The zero-order valence-corrected chi connectivity index (χ0v) is 15.1. The Hall–Kier alpha value is -2.72. The molecule has 0 N–H and O–H groups in total. The van der Waals surface area contributed by atoms with Crippen LogP contribution in [0.5, 0.6) is 0 Å². The van der Waals surface area contributed by atoms with Gasteiger partial charge < -0.3 is 4.74 Å². The number of aromatic nitrogens is 1. The first kappa shape index (κ1) is 18.6. The fraction of sp³-hybridized carbons (Fsp3) is 0.278. The highest BCUT2D eigenvalue weighted by Crippen LogP contribution is 2.32. The van der Waals surface area contributed by atoms with Gasteiger partial charge in [-0.25, -0.2) is 4.98 Å². The third-order valence-electron chi connectivity index (χ3n) is 3.32. The fourth-order valence-corrected chi connectivity index (χ4v) is 3.01. The van der Waals surface area contributed by atoms with Gasteiger partial charge in [-0.2, -0.15) is 10.4 Å². The van der Waals surface area contributed by atoms with Crippen LogP contribution in [-0.2, 0) is 9.53 Å². The van der Waals surface area contributed by atoms with Crippen molar-refractivity contribution >= 4 is 29.1 Å². The molecule has 0 atom stereocenters. The second kappa shape index (κ2) is 8.94. The van der Waals surface area contributed by atoms with Crippen LogP contribution in [0.1, 0.15) is 23.7 Å². The van der Waals surface area contributed by atoms with Crippen LogP contribution in [0.3, 0.4) is 0 Å². The number of rotatable bonds is 6. The minimum absolute atomic E-state index is 0.110. The van der Waals surface area contributed by atoms with Crippen molar-refractivity contribution in [3.8, 4) is 6.07 Å². The summed E-state index contributed by atoms with van der Waals surface area (Å²) in [4.78, 5) is 16.0. The number of azo groups is 1. The molecule has 128 valence electrons. The van der Waals surface area contributed by atoms with Gasteiger partial charge in [0.25, 0.3) is 0 Å². The summed E-state index contributed by atoms with van der Waals surface area (Å²) >= 11 is 1.19. The number of nitriles is 1. The molecule has 1 aromatic heterocycles. The molecule has 0 unspecified atom stereocenters. The van der Waals surface area contributed by atoms with Crippen LogP contribution in [0.2, 0.25) is 0 Å².